The Balaban J connectivity index is 0.000000255. The fourth-order valence-corrected chi connectivity index (χ4v) is 12.7. The number of esters is 3. The minimum atomic E-state index is -0.619. The third kappa shape index (κ3) is 28.9. The quantitative estimate of drug-likeness (QED) is 0.0117. The number of aromatic nitrogens is 4. The van der Waals surface area contributed by atoms with Crippen molar-refractivity contribution in [2.45, 2.75) is 171 Å². The summed E-state index contributed by atoms with van der Waals surface area (Å²) in [5, 5.41) is 25.1. The van der Waals surface area contributed by atoms with Crippen LogP contribution >= 0.6 is 34.8 Å². The molecule has 1 aliphatic heterocycles. The van der Waals surface area contributed by atoms with Crippen LogP contribution in [0.15, 0.2) is 152 Å². The number of benzene rings is 5. The number of aromatic amines is 1. The molecular weight excluding hydrogens is 1420 g/mol. The van der Waals surface area contributed by atoms with E-state index in [1.54, 1.807) is 23.5 Å². The summed E-state index contributed by atoms with van der Waals surface area (Å²) in [6.45, 7) is 16.9. The second kappa shape index (κ2) is 43.3. The predicted molar refractivity (Wildman–Crippen MR) is 432 cm³/mol. The Morgan fingerprint density at radius 1 is 0.533 bits per heavy atom. The van der Waals surface area contributed by atoms with Crippen molar-refractivity contribution >= 4 is 137 Å². The summed E-state index contributed by atoms with van der Waals surface area (Å²) in [5.41, 5.74) is 7.15. The molecule has 5 heterocycles. The summed E-state index contributed by atoms with van der Waals surface area (Å²) in [6, 6.07) is 39.8. The number of halogens is 3. The molecule has 1 fully saturated rings. The molecule has 1 saturated heterocycles. The van der Waals surface area contributed by atoms with Gasteiger partial charge in [-0.25, -0.2) is 0 Å². The maximum absolute atomic E-state index is 13.2. The number of carbonyl (C=O) groups is 7. The second-order valence-electron chi connectivity index (χ2n) is 27.9. The molecule has 5 aromatic carbocycles. The van der Waals surface area contributed by atoms with Crippen molar-refractivity contribution in [2.75, 3.05) is 61.8 Å². The van der Waals surface area contributed by atoms with Crippen LogP contribution in [0.4, 0.5) is 17.1 Å². The first-order chi connectivity index (χ1) is 50.4. The molecule has 0 spiro atoms. The van der Waals surface area contributed by atoms with E-state index in [-0.39, 0.29) is 75.9 Å². The lowest BCUT2D eigenvalue weighted by molar-refractivity contribution is -0.158. The van der Waals surface area contributed by atoms with E-state index in [0.29, 0.717) is 92.9 Å². The highest BCUT2D eigenvalue weighted by atomic mass is 35.5. The van der Waals surface area contributed by atoms with E-state index in [9.17, 15) is 33.6 Å². The van der Waals surface area contributed by atoms with E-state index in [1.165, 1.54) is 6.92 Å². The van der Waals surface area contributed by atoms with Crippen LogP contribution in [-0.4, -0.2) is 129 Å². The summed E-state index contributed by atoms with van der Waals surface area (Å²) in [5.74, 6) is -2.43. The van der Waals surface area contributed by atoms with E-state index in [1.807, 2.05) is 175 Å². The molecule has 574 valence electrons. The lowest BCUT2D eigenvalue weighted by atomic mass is 9.94. The maximum Gasteiger partial charge on any atom is 0.307 e. The second-order valence-corrected chi connectivity index (χ2v) is 29.2. The third-order valence-corrected chi connectivity index (χ3v) is 17.9. The van der Waals surface area contributed by atoms with Gasteiger partial charge in [-0.1, -0.05) is 111 Å². The number of carbonyl (C=O) groups excluding carboxylic acids is 7. The molecule has 10 rings (SSSR count). The van der Waals surface area contributed by atoms with Crippen molar-refractivity contribution in [3.05, 3.63) is 178 Å². The number of nitrogens with zero attached hydrogens (tertiary/aromatic N) is 4. The van der Waals surface area contributed by atoms with Gasteiger partial charge in [0.05, 0.1) is 35.3 Å². The number of hydrogen-bond acceptors (Lipinski definition) is 16. The molecule has 0 saturated carbocycles. The average molecular weight is 1520 g/mol. The standard InChI is InChI=1S/C33H42ClN3O5.C29H33ClN4O3.C19H23ClN4O2.2CH4/c1-33(2,3)42-31(39)21-25(13-8-5-9-14-30(38)41-23-24-11-6-4-7-12-24)32(40)37-19-10-18-35-28-17-20-36-29-22-26(34)15-16-27(28)29;1-29(2,3)37-27(35)16-19(15-20-18-34-24-8-5-4-7-22(20)24)28(36)33-13-6-12-31-25-11-14-32-26-17-21(30)9-10-23(25)26;1-13(25)24-11-2-4-18(24)19(26)23-9-3-8-21-16-7-10-22-17-12-14(20)5-6-15(16)17;;/h4,6-7,11-12,15-17,20,22,25H,5,8-10,13-14,18-19,21,23H2,1-3H3,(H,35,36)(H,37,40);4-5,7-11,14,17-19,34H,6,12-13,15-16H2,1-3H3,(H,31,32)(H,33,36);5-7,10,12,18H,2-4,8-9,11H2,1H3,(H,21,22)(H,23,26);2*1H4. The van der Waals surface area contributed by atoms with Gasteiger partial charge in [-0.05, 0) is 183 Å². The lowest BCUT2D eigenvalue weighted by Gasteiger charge is -2.22. The monoisotopic (exact) mass is 1520 g/mol. The number of amides is 4. The van der Waals surface area contributed by atoms with E-state index in [4.69, 9.17) is 49.0 Å². The number of pyridine rings is 3. The van der Waals surface area contributed by atoms with Crippen LogP contribution in [0, 0.1) is 11.8 Å². The summed E-state index contributed by atoms with van der Waals surface area (Å²) < 4.78 is 16.3. The number of para-hydroxylation sites is 1. The minimum Gasteiger partial charge on any atom is -0.461 e. The molecule has 24 heteroatoms. The van der Waals surface area contributed by atoms with Crippen molar-refractivity contribution < 1.29 is 47.8 Å². The van der Waals surface area contributed by atoms with Crippen molar-refractivity contribution in [1.29, 1.82) is 0 Å². The molecule has 21 nitrogen and oxygen atoms in total. The largest absolute Gasteiger partial charge is 0.461 e. The zero-order valence-electron chi connectivity index (χ0n) is 61.0. The van der Waals surface area contributed by atoms with Crippen LogP contribution in [0.3, 0.4) is 0 Å². The van der Waals surface area contributed by atoms with Crippen molar-refractivity contribution in [3.63, 3.8) is 0 Å². The highest BCUT2D eigenvalue weighted by Crippen LogP contribution is 2.29. The van der Waals surface area contributed by atoms with Gasteiger partial charge < -0.3 is 56.0 Å². The van der Waals surface area contributed by atoms with Gasteiger partial charge in [-0.15, -0.1) is 0 Å². The Morgan fingerprint density at radius 2 is 1.00 bits per heavy atom. The highest BCUT2D eigenvalue weighted by molar-refractivity contribution is 6.32. The number of rotatable bonds is 32. The first kappa shape index (κ1) is 86.4. The number of H-pyrrole nitrogens is 1. The van der Waals surface area contributed by atoms with Crippen molar-refractivity contribution in [1.82, 2.24) is 40.8 Å². The summed E-state index contributed by atoms with van der Waals surface area (Å²) in [6.07, 6.45) is 14.5. The summed E-state index contributed by atoms with van der Waals surface area (Å²) >= 11 is 18.2. The molecule has 0 bridgehead atoms. The fraction of sp³-hybridized carbons (Fsp3) is 0.422. The first-order valence-corrected chi connectivity index (χ1v) is 37.1. The van der Waals surface area contributed by atoms with Crippen LogP contribution < -0.4 is 31.9 Å². The fourth-order valence-electron chi connectivity index (χ4n) is 12.2. The number of unbranched alkanes of at least 4 members (excludes halogenated alkanes) is 2. The van der Waals surface area contributed by atoms with Gasteiger partial charge >= 0.3 is 17.9 Å². The Morgan fingerprint density at radius 3 is 1.50 bits per heavy atom. The number of nitrogens with one attached hydrogen (secondary N) is 7. The highest BCUT2D eigenvalue weighted by Gasteiger charge is 2.32. The van der Waals surface area contributed by atoms with E-state index < -0.39 is 29.0 Å². The van der Waals surface area contributed by atoms with E-state index in [2.05, 4.69) is 51.8 Å². The molecule has 4 amide bonds. The molecular formula is C83H106Cl3N11O10. The predicted octanol–water partition coefficient (Wildman–Crippen LogP) is 16.8. The van der Waals surface area contributed by atoms with Gasteiger partial charge in [-0.3, -0.25) is 48.5 Å². The summed E-state index contributed by atoms with van der Waals surface area (Å²) in [7, 11) is 0. The Bertz CT molecular complexity index is 4380. The zero-order valence-corrected chi connectivity index (χ0v) is 63.3. The van der Waals surface area contributed by atoms with Crippen molar-refractivity contribution in [2.24, 2.45) is 11.8 Å². The van der Waals surface area contributed by atoms with Gasteiger partial charge in [0.15, 0.2) is 0 Å². The molecule has 7 N–H and O–H groups in total. The van der Waals surface area contributed by atoms with Gasteiger partial charge in [0.1, 0.15) is 23.9 Å². The minimum absolute atomic E-state index is 0. The number of likely N-dealkylation sites (tertiary alicyclic amines) is 1. The number of anilines is 3. The van der Waals surface area contributed by atoms with Crippen LogP contribution in [-0.2, 0) is 60.8 Å². The molecule has 107 heavy (non-hydrogen) atoms. The first-order valence-electron chi connectivity index (χ1n) is 36.0. The van der Waals surface area contributed by atoms with Crippen LogP contribution in [0.2, 0.25) is 15.1 Å². The number of ether oxygens (including phenoxy) is 3. The van der Waals surface area contributed by atoms with E-state index in [0.717, 1.165) is 110 Å². The molecule has 1 aliphatic rings. The van der Waals surface area contributed by atoms with Gasteiger partial charge in [0, 0.05) is 149 Å². The number of hydrogen-bond donors (Lipinski definition) is 7. The molecule has 3 unspecified atom stereocenters. The Kier molecular flexibility index (Phi) is 34.9. The Hall–Kier alpha value is -9.57. The lowest BCUT2D eigenvalue weighted by Crippen LogP contribution is -2.45. The molecule has 0 aliphatic carbocycles. The third-order valence-electron chi connectivity index (χ3n) is 17.2. The van der Waals surface area contributed by atoms with Gasteiger partial charge in [-0.2, -0.15) is 0 Å². The number of fused-ring (bicyclic) bond motifs is 4. The normalized spacial score (nSPS) is 13.1. The topological polar surface area (TPSA) is 277 Å². The molecule has 0 radical (unpaired) electrons. The smallest absolute Gasteiger partial charge is 0.307 e. The van der Waals surface area contributed by atoms with Crippen LogP contribution in [0.1, 0.15) is 151 Å². The van der Waals surface area contributed by atoms with Gasteiger partial charge in [0.2, 0.25) is 23.6 Å². The zero-order chi connectivity index (χ0) is 75.3. The van der Waals surface area contributed by atoms with Gasteiger partial charge in [0.25, 0.3) is 0 Å². The molecule has 3 atom stereocenters. The molecule has 4 aromatic heterocycles. The van der Waals surface area contributed by atoms with Crippen LogP contribution in [0.5, 0.6) is 0 Å². The maximum atomic E-state index is 13.2. The van der Waals surface area contributed by atoms with Crippen LogP contribution in [0.25, 0.3) is 43.6 Å². The van der Waals surface area contributed by atoms with Crippen molar-refractivity contribution in [3.8, 4) is 0 Å². The molecule has 9 aromatic rings. The van der Waals surface area contributed by atoms with E-state index >= 15 is 0 Å². The Labute approximate surface area is 644 Å². The SMILES string of the molecule is C.C.CC(=O)N1CCCC1C(=O)NCCCNc1ccnc2cc(Cl)ccc12.CC(C)(C)OC(=O)CC(CCCCCC(=O)OCc1ccccc1)C(=O)NCCCNc1ccnc2cc(Cl)ccc12.CC(C)(C)OC(=O)CC(Cc1c[nH]c2ccccc12)C(=O)NCCCNc1ccnc2cc(Cl)ccc12. The summed E-state index contributed by atoms with van der Waals surface area (Å²) in [4.78, 5) is 105. The average Bonchev–Trinajstić information content (AvgIpc) is 1.62.